The van der Waals surface area contributed by atoms with Gasteiger partial charge >= 0.3 is 12.1 Å². The zero-order valence-electron chi connectivity index (χ0n) is 28.5. The molecule has 0 fully saturated rings. The summed E-state index contributed by atoms with van der Waals surface area (Å²) in [5.41, 5.74) is 6.82. The van der Waals surface area contributed by atoms with Gasteiger partial charge in [0.15, 0.2) is 0 Å². The lowest BCUT2D eigenvalue weighted by molar-refractivity contribution is -0.137. The van der Waals surface area contributed by atoms with Crippen LogP contribution in [0.5, 0.6) is 11.5 Å². The first-order valence-electron chi connectivity index (χ1n) is 16.0. The summed E-state index contributed by atoms with van der Waals surface area (Å²) in [5.74, 6) is 0.461. The van der Waals surface area contributed by atoms with Crippen LogP contribution >= 0.6 is 0 Å². The van der Waals surface area contributed by atoms with E-state index in [0.717, 1.165) is 46.7 Å². The fourth-order valence-electron chi connectivity index (χ4n) is 5.83. The summed E-state index contributed by atoms with van der Waals surface area (Å²) in [5, 5.41) is 0.739. The van der Waals surface area contributed by atoms with Crippen molar-refractivity contribution in [3.8, 4) is 22.8 Å². The lowest BCUT2D eigenvalue weighted by atomic mass is 9.94. The first-order valence-corrected chi connectivity index (χ1v) is 16.0. The van der Waals surface area contributed by atoms with E-state index in [2.05, 4.69) is 30.7 Å². The van der Waals surface area contributed by atoms with Gasteiger partial charge in [-0.2, -0.15) is 13.2 Å². The van der Waals surface area contributed by atoms with Gasteiger partial charge in [-0.05, 0) is 98.7 Å². The van der Waals surface area contributed by atoms with Gasteiger partial charge in [0, 0.05) is 22.9 Å². The van der Waals surface area contributed by atoms with Crippen molar-refractivity contribution in [1.29, 1.82) is 0 Å². The van der Waals surface area contributed by atoms with Crippen molar-refractivity contribution in [1.82, 2.24) is 14.5 Å². The molecule has 0 aliphatic heterocycles. The average molecular weight is 675 g/mol. The molecule has 0 atom stereocenters. The number of aromatic amines is 1. The minimum Gasteiger partial charge on any atom is -0.460 e. The number of aryl methyl sites for hydroxylation is 2. The molecule has 2 aromatic heterocycles. The number of nitrogens with two attached hydrogens (primary N) is 1. The molecule has 0 spiro atoms. The number of nitrogens with one attached hydrogen (secondary N) is 1. The summed E-state index contributed by atoms with van der Waals surface area (Å²) in [6.45, 7) is 12.0. The van der Waals surface area contributed by atoms with Crippen molar-refractivity contribution in [2.75, 3.05) is 32.5 Å². The van der Waals surface area contributed by atoms with Gasteiger partial charge in [0.05, 0.1) is 24.4 Å². The number of H-pyrrole nitrogens is 1. The topological polar surface area (TPSA) is 103 Å². The maximum absolute atomic E-state index is 13.9. The third-order valence-electron chi connectivity index (χ3n) is 8.50. The number of halogens is 3. The number of ether oxygens (including phenoxy) is 2. The number of hydrogen-bond donors (Lipinski definition) is 2. The normalized spacial score (nSPS) is 12.1. The number of aromatic nitrogens is 2. The van der Waals surface area contributed by atoms with Crippen molar-refractivity contribution in [3.05, 3.63) is 111 Å². The molecule has 258 valence electrons. The van der Waals surface area contributed by atoms with Gasteiger partial charge in [-0.3, -0.25) is 4.79 Å². The number of alkyl halides is 3. The number of anilines is 1. The average Bonchev–Trinajstić information content (AvgIpc) is 3.47. The van der Waals surface area contributed by atoms with Crippen LogP contribution in [0.2, 0.25) is 0 Å². The van der Waals surface area contributed by atoms with Crippen molar-refractivity contribution in [2.24, 2.45) is 5.41 Å². The van der Waals surface area contributed by atoms with Crippen LogP contribution in [0.4, 0.5) is 18.9 Å². The van der Waals surface area contributed by atoms with E-state index in [1.165, 1.54) is 4.57 Å². The standard InChI is InChI=1S/C38H41F3N4O4/c1-7-44(6)21-37(4,5)22-48-36(47)32-18-27-17-29(14-15-31(27)43-32)49-28-12-10-25(11-13-28)33-19-30(38(39,40)41)34(42)35(46)45(33)20-26-9-8-23(2)16-24(26)3/h8-19,43H,7,20-22,42H2,1-6H3. The van der Waals surface area contributed by atoms with E-state index >= 15 is 0 Å². The number of carbonyl (C=O) groups is 1. The highest BCUT2D eigenvalue weighted by atomic mass is 19.4. The van der Waals surface area contributed by atoms with Crippen molar-refractivity contribution in [2.45, 2.75) is 47.3 Å². The number of carbonyl (C=O) groups excluding carboxylic acids is 1. The van der Waals surface area contributed by atoms with Gasteiger partial charge in [0.2, 0.25) is 0 Å². The van der Waals surface area contributed by atoms with Crippen LogP contribution < -0.4 is 16.0 Å². The largest absolute Gasteiger partial charge is 0.460 e. The van der Waals surface area contributed by atoms with E-state index in [-0.39, 0.29) is 24.3 Å². The van der Waals surface area contributed by atoms with Gasteiger partial charge in [-0.1, -0.05) is 44.5 Å². The van der Waals surface area contributed by atoms with E-state index in [1.54, 1.807) is 48.5 Å². The fraction of sp³-hybridized carbons (Fsp3) is 0.316. The number of nitrogen functional groups attached to an aromatic ring is 1. The maximum Gasteiger partial charge on any atom is 0.418 e. The van der Waals surface area contributed by atoms with Crippen LogP contribution in [0, 0.1) is 19.3 Å². The number of rotatable bonds is 11. The molecule has 3 aromatic carbocycles. The Hall–Kier alpha value is -5.03. The minimum absolute atomic E-state index is 0.0427. The highest BCUT2D eigenvalue weighted by Crippen LogP contribution is 2.36. The molecule has 0 amide bonds. The first-order chi connectivity index (χ1) is 23.0. The highest BCUT2D eigenvalue weighted by Gasteiger charge is 2.35. The molecule has 0 saturated heterocycles. The van der Waals surface area contributed by atoms with Crippen LogP contribution in [0.25, 0.3) is 22.2 Å². The Morgan fingerprint density at radius 3 is 2.31 bits per heavy atom. The third kappa shape index (κ3) is 8.17. The third-order valence-corrected chi connectivity index (χ3v) is 8.50. The van der Waals surface area contributed by atoms with Gasteiger partial charge < -0.3 is 29.7 Å². The van der Waals surface area contributed by atoms with E-state index in [4.69, 9.17) is 15.2 Å². The Kier molecular flexibility index (Phi) is 9.96. The summed E-state index contributed by atoms with van der Waals surface area (Å²) in [6.07, 6.45) is -4.81. The molecule has 5 aromatic rings. The zero-order valence-corrected chi connectivity index (χ0v) is 28.5. The first kappa shape index (κ1) is 35.3. The van der Waals surface area contributed by atoms with Crippen molar-refractivity contribution >= 4 is 22.6 Å². The Labute approximate surface area is 283 Å². The van der Waals surface area contributed by atoms with Crippen LogP contribution in [0.1, 0.15) is 53.5 Å². The fourth-order valence-corrected chi connectivity index (χ4v) is 5.83. The van der Waals surface area contributed by atoms with Gasteiger partial charge in [0.1, 0.15) is 22.9 Å². The van der Waals surface area contributed by atoms with E-state index < -0.39 is 29.0 Å². The number of fused-ring (bicyclic) bond motifs is 1. The van der Waals surface area contributed by atoms with Crippen LogP contribution in [-0.2, 0) is 17.5 Å². The molecule has 2 heterocycles. The van der Waals surface area contributed by atoms with Crippen LogP contribution in [0.15, 0.2) is 77.6 Å². The Morgan fingerprint density at radius 2 is 1.65 bits per heavy atom. The van der Waals surface area contributed by atoms with Gasteiger partial charge in [0.25, 0.3) is 5.56 Å². The molecule has 0 radical (unpaired) electrons. The molecule has 49 heavy (non-hydrogen) atoms. The number of benzene rings is 3. The summed E-state index contributed by atoms with van der Waals surface area (Å²) < 4.78 is 54.7. The molecule has 0 bridgehead atoms. The van der Waals surface area contributed by atoms with Crippen LogP contribution in [-0.4, -0.2) is 47.2 Å². The van der Waals surface area contributed by atoms with E-state index in [0.29, 0.717) is 22.8 Å². The molecular weight excluding hydrogens is 633 g/mol. The maximum atomic E-state index is 13.9. The Morgan fingerprint density at radius 1 is 0.959 bits per heavy atom. The van der Waals surface area contributed by atoms with E-state index in [1.807, 2.05) is 39.1 Å². The molecule has 11 heteroatoms. The van der Waals surface area contributed by atoms with Gasteiger partial charge in [-0.15, -0.1) is 0 Å². The predicted octanol–water partition coefficient (Wildman–Crippen LogP) is 8.19. The second-order valence-corrected chi connectivity index (χ2v) is 13.3. The molecular formula is C38H41F3N4O4. The minimum atomic E-state index is -4.81. The number of pyridine rings is 1. The molecule has 8 nitrogen and oxygen atoms in total. The molecule has 0 unspecified atom stereocenters. The lowest BCUT2D eigenvalue weighted by Crippen LogP contribution is -2.35. The number of hydrogen-bond acceptors (Lipinski definition) is 6. The van der Waals surface area contributed by atoms with Crippen LogP contribution in [0.3, 0.4) is 0 Å². The second-order valence-electron chi connectivity index (χ2n) is 13.3. The second kappa shape index (κ2) is 13.8. The molecule has 5 rings (SSSR count). The van der Waals surface area contributed by atoms with E-state index in [9.17, 15) is 22.8 Å². The summed E-state index contributed by atoms with van der Waals surface area (Å²) in [4.78, 5) is 31.4. The lowest BCUT2D eigenvalue weighted by Gasteiger charge is -2.29. The summed E-state index contributed by atoms with van der Waals surface area (Å²) >= 11 is 0. The Balaban J connectivity index is 1.37. The number of esters is 1. The monoisotopic (exact) mass is 674 g/mol. The molecule has 3 N–H and O–H groups in total. The SMILES string of the molecule is CCN(C)CC(C)(C)COC(=O)c1cc2cc(Oc3ccc(-c4cc(C(F)(F)F)c(N)c(=O)n4Cc4ccc(C)cc4C)cc3)ccc2[nH]1. The quantitative estimate of drug-likeness (QED) is 0.137. The molecule has 0 aliphatic carbocycles. The Bertz CT molecular complexity index is 2050. The summed E-state index contributed by atoms with van der Waals surface area (Å²) in [7, 11) is 2.02. The highest BCUT2D eigenvalue weighted by molar-refractivity contribution is 5.95. The van der Waals surface area contributed by atoms with Crippen molar-refractivity contribution in [3.63, 3.8) is 0 Å². The zero-order chi connectivity index (χ0) is 35.7. The molecule has 0 saturated carbocycles. The van der Waals surface area contributed by atoms with Crippen molar-refractivity contribution < 1.29 is 27.4 Å². The summed E-state index contributed by atoms with van der Waals surface area (Å²) in [6, 6.07) is 20.0. The van der Waals surface area contributed by atoms with Gasteiger partial charge in [-0.25, -0.2) is 4.79 Å². The molecule has 0 aliphatic rings. The smallest absolute Gasteiger partial charge is 0.418 e. The number of nitrogens with zero attached hydrogens (tertiary/aromatic N) is 2. The predicted molar refractivity (Wildman–Crippen MR) is 186 cm³/mol.